The zero-order valence-electron chi connectivity index (χ0n) is 12.1. The summed E-state index contributed by atoms with van der Waals surface area (Å²) in [5, 5.41) is 3.30. The van der Waals surface area contributed by atoms with E-state index in [1.54, 1.807) is 29.2 Å². The molecule has 6 heteroatoms. The molecule has 0 saturated carbocycles. The summed E-state index contributed by atoms with van der Waals surface area (Å²) in [6.45, 7) is 0.313. The van der Waals surface area contributed by atoms with Gasteiger partial charge in [-0.3, -0.25) is 9.59 Å². The Balaban J connectivity index is 1.68. The van der Waals surface area contributed by atoms with Crippen molar-refractivity contribution >= 4 is 34.8 Å². The molecule has 1 fully saturated rings. The largest absolute Gasteiger partial charge is 0.326 e. The van der Waals surface area contributed by atoms with Crippen LogP contribution in [-0.2, 0) is 9.59 Å². The number of rotatable bonds is 3. The van der Waals surface area contributed by atoms with Gasteiger partial charge in [0.05, 0.1) is 5.92 Å². The molecule has 1 heterocycles. The molecule has 2 aromatic carbocycles. The Morgan fingerprint density at radius 1 is 1.13 bits per heavy atom. The maximum absolute atomic E-state index is 12.9. The number of carbonyl (C=O) groups is 2. The number of anilines is 2. The number of benzene rings is 2. The van der Waals surface area contributed by atoms with Crippen LogP contribution in [0.3, 0.4) is 0 Å². The van der Waals surface area contributed by atoms with Crippen LogP contribution < -0.4 is 10.2 Å². The average molecular weight is 333 g/mol. The normalized spacial score (nSPS) is 17.4. The van der Waals surface area contributed by atoms with Gasteiger partial charge in [0.1, 0.15) is 5.82 Å². The molecule has 1 N–H and O–H groups in total. The fraction of sp³-hybridized carbons (Fsp3) is 0.176. The van der Waals surface area contributed by atoms with Gasteiger partial charge < -0.3 is 10.2 Å². The summed E-state index contributed by atoms with van der Waals surface area (Å²) in [5.74, 6) is -1.16. The third kappa shape index (κ3) is 3.51. The second-order valence-electron chi connectivity index (χ2n) is 5.38. The number of halogens is 2. The minimum atomic E-state index is -0.441. The first-order valence-electron chi connectivity index (χ1n) is 7.15. The monoisotopic (exact) mass is 332 g/mol. The predicted octanol–water partition coefficient (Wildman–Crippen LogP) is 3.47. The van der Waals surface area contributed by atoms with E-state index in [1.165, 1.54) is 24.3 Å². The van der Waals surface area contributed by atoms with E-state index in [4.69, 9.17) is 11.6 Å². The van der Waals surface area contributed by atoms with Crippen molar-refractivity contribution in [3.8, 4) is 0 Å². The molecule has 0 bridgehead atoms. The molecule has 1 atom stereocenters. The number of carbonyl (C=O) groups excluding carboxylic acids is 2. The molecule has 0 aliphatic carbocycles. The molecule has 0 aromatic heterocycles. The Morgan fingerprint density at radius 2 is 1.78 bits per heavy atom. The van der Waals surface area contributed by atoms with Gasteiger partial charge in [-0.25, -0.2) is 4.39 Å². The summed E-state index contributed by atoms with van der Waals surface area (Å²) < 4.78 is 12.9. The summed E-state index contributed by atoms with van der Waals surface area (Å²) in [6, 6.07) is 12.4. The summed E-state index contributed by atoms with van der Waals surface area (Å²) in [4.78, 5) is 26.0. The molecule has 23 heavy (non-hydrogen) atoms. The fourth-order valence-corrected chi connectivity index (χ4v) is 2.66. The van der Waals surface area contributed by atoms with Crippen LogP contribution in [0.1, 0.15) is 6.42 Å². The first kappa shape index (κ1) is 15.5. The molecule has 0 spiro atoms. The van der Waals surface area contributed by atoms with Gasteiger partial charge in [0.2, 0.25) is 11.8 Å². The lowest BCUT2D eigenvalue weighted by molar-refractivity contribution is -0.122. The van der Waals surface area contributed by atoms with Gasteiger partial charge in [-0.2, -0.15) is 0 Å². The zero-order chi connectivity index (χ0) is 16.4. The van der Waals surface area contributed by atoms with Crippen LogP contribution in [0.4, 0.5) is 15.8 Å². The highest BCUT2D eigenvalue weighted by atomic mass is 35.5. The molecule has 1 aliphatic heterocycles. The van der Waals surface area contributed by atoms with Gasteiger partial charge >= 0.3 is 0 Å². The third-order valence-corrected chi connectivity index (χ3v) is 4.00. The minimum Gasteiger partial charge on any atom is -0.326 e. The van der Waals surface area contributed by atoms with Crippen LogP contribution >= 0.6 is 11.6 Å². The highest BCUT2D eigenvalue weighted by molar-refractivity contribution is 6.30. The first-order chi connectivity index (χ1) is 11.0. The van der Waals surface area contributed by atoms with E-state index in [0.29, 0.717) is 17.3 Å². The quantitative estimate of drug-likeness (QED) is 0.935. The van der Waals surface area contributed by atoms with Crippen molar-refractivity contribution in [1.82, 2.24) is 0 Å². The van der Waals surface area contributed by atoms with Gasteiger partial charge in [0.25, 0.3) is 0 Å². The number of nitrogens with zero attached hydrogens (tertiary/aromatic N) is 1. The fourth-order valence-electron chi connectivity index (χ4n) is 2.53. The maximum Gasteiger partial charge on any atom is 0.229 e. The van der Waals surface area contributed by atoms with Gasteiger partial charge in [-0.1, -0.05) is 11.6 Å². The second kappa shape index (κ2) is 6.38. The van der Waals surface area contributed by atoms with Crippen LogP contribution in [-0.4, -0.2) is 18.4 Å². The number of hydrogen-bond acceptors (Lipinski definition) is 2. The second-order valence-corrected chi connectivity index (χ2v) is 5.81. The number of hydrogen-bond donors (Lipinski definition) is 1. The van der Waals surface area contributed by atoms with E-state index in [2.05, 4.69) is 5.32 Å². The van der Waals surface area contributed by atoms with Crippen molar-refractivity contribution in [2.45, 2.75) is 6.42 Å². The van der Waals surface area contributed by atoms with Gasteiger partial charge in [0, 0.05) is 29.4 Å². The molecule has 3 rings (SSSR count). The molecule has 0 radical (unpaired) electrons. The lowest BCUT2D eigenvalue weighted by atomic mass is 10.1. The Morgan fingerprint density at radius 3 is 2.43 bits per heavy atom. The van der Waals surface area contributed by atoms with E-state index >= 15 is 0 Å². The van der Waals surface area contributed by atoms with Crippen LogP contribution in [0.5, 0.6) is 0 Å². The van der Waals surface area contributed by atoms with Crippen molar-refractivity contribution < 1.29 is 14.0 Å². The molecule has 118 valence electrons. The molecule has 0 unspecified atom stereocenters. The molecule has 1 aliphatic rings. The molecular weight excluding hydrogens is 319 g/mol. The smallest absolute Gasteiger partial charge is 0.229 e. The van der Waals surface area contributed by atoms with Gasteiger partial charge in [-0.05, 0) is 48.5 Å². The number of nitrogens with one attached hydrogen (secondary N) is 1. The topological polar surface area (TPSA) is 49.4 Å². The van der Waals surface area contributed by atoms with Crippen LogP contribution in [0.2, 0.25) is 5.02 Å². The van der Waals surface area contributed by atoms with Crippen LogP contribution in [0.25, 0.3) is 0 Å². The van der Waals surface area contributed by atoms with E-state index in [1.807, 2.05) is 0 Å². The zero-order valence-corrected chi connectivity index (χ0v) is 12.9. The van der Waals surface area contributed by atoms with Crippen LogP contribution in [0.15, 0.2) is 48.5 Å². The first-order valence-corrected chi connectivity index (χ1v) is 7.53. The molecule has 4 nitrogen and oxygen atoms in total. The summed E-state index contributed by atoms with van der Waals surface area (Å²) in [5.41, 5.74) is 1.23. The van der Waals surface area contributed by atoms with Gasteiger partial charge in [-0.15, -0.1) is 0 Å². The van der Waals surface area contributed by atoms with E-state index in [9.17, 15) is 14.0 Å². The molecule has 2 amide bonds. The van der Waals surface area contributed by atoms with Crippen molar-refractivity contribution in [3.05, 3.63) is 59.4 Å². The third-order valence-electron chi connectivity index (χ3n) is 3.75. The Kier molecular flexibility index (Phi) is 4.30. The highest BCUT2D eigenvalue weighted by Crippen LogP contribution is 2.27. The highest BCUT2D eigenvalue weighted by Gasteiger charge is 2.35. The Hall–Kier alpha value is -2.40. The van der Waals surface area contributed by atoms with E-state index in [-0.39, 0.29) is 24.1 Å². The summed E-state index contributed by atoms with van der Waals surface area (Å²) in [7, 11) is 0. The summed E-state index contributed by atoms with van der Waals surface area (Å²) >= 11 is 5.84. The van der Waals surface area contributed by atoms with Crippen molar-refractivity contribution in [3.63, 3.8) is 0 Å². The predicted molar refractivity (Wildman–Crippen MR) is 86.9 cm³/mol. The molecular formula is C17H14ClFN2O2. The van der Waals surface area contributed by atoms with Gasteiger partial charge in [0.15, 0.2) is 0 Å². The lowest BCUT2D eigenvalue weighted by Crippen LogP contribution is -2.28. The lowest BCUT2D eigenvalue weighted by Gasteiger charge is -2.16. The van der Waals surface area contributed by atoms with E-state index in [0.717, 1.165) is 5.69 Å². The van der Waals surface area contributed by atoms with Crippen LogP contribution in [0, 0.1) is 11.7 Å². The molecule has 1 saturated heterocycles. The van der Waals surface area contributed by atoms with Crippen molar-refractivity contribution in [1.29, 1.82) is 0 Å². The van der Waals surface area contributed by atoms with E-state index < -0.39 is 5.92 Å². The minimum absolute atomic E-state index is 0.105. The van der Waals surface area contributed by atoms with Crippen molar-refractivity contribution in [2.75, 3.05) is 16.8 Å². The van der Waals surface area contributed by atoms with Crippen molar-refractivity contribution in [2.24, 2.45) is 5.92 Å². The SMILES string of the molecule is O=C(Nc1ccc(F)cc1)[C@@H]1CC(=O)N(c2ccc(Cl)cc2)C1. The molecule has 2 aromatic rings. The summed E-state index contributed by atoms with van der Waals surface area (Å²) in [6.07, 6.45) is 0.148. The number of amides is 2. The average Bonchev–Trinajstić information content (AvgIpc) is 2.92. The Bertz CT molecular complexity index is 731. The Labute approximate surface area is 137 Å². The standard InChI is InChI=1S/C17H14ClFN2O2/c18-12-1-7-15(8-2-12)21-10-11(9-16(21)22)17(23)20-14-5-3-13(19)4-6-14/h1-8,11H,9-10H2,(H,20,23)/t11-/m1/s1. The maximum atomic E-state index is 12.9.